The Balaban J connectivity index is 1.75. The van der Waals surface area contributed by atoms with Gasteiger partial charge in [-0.2, -0.15) is 9.71 Å². The molecule has 2 N–H and O–H groups in total. The smallest absolute Gasteiger partial charge is 0.244 e. The molecule has 1 aromatic heterocycles. The van der Waals surface area contributed by atoms with Crippen LogP contribution in [0.4, 0.5) is 5.69 Å². The van der Waals surface area contributed by atoms with E-state index in [1.54, 1.807) is 6.92 Å². The van der Waals surface area contributed by atoms with E-state index >= 15 is 0 Å². The van der Waals surface area contributed by atoms with Crippen molar-refractivity contribution in [3.05, 3.63) is 60.0 Å². The molecule has 0 spiro atoms. The van der Waals surface area contributed by atoms with Crippen LogP contribution in [0.3, 0.4) is 0 Å². The maximum atomic E-state index is 12.6. The van der Waals surface area contributed by atoms with Gasteiger partial charge in [0.25, 0.3) is 0 Å². The molecule has 0 fully saturated rings. The van der Waals surface area contributed by atoms with Crippen molar-refractivity contribution in [3.63, 3.8) is 0 Å². The Morgan fingerprint density at radius 1 is 1.14 bits per heavy atom. The van der Waals surface area contributed by atoms with E-state index in [9.17, 15) is 13.2 Å². The fourth-order valence-corrected chi connectivity index (χ4v) is 3.78. The van der Waals surface area contributed by atoms with E-state index in [0.29, 0.717) is 11.5 Å². The first-order valence-corrected chi connectivity index (χ1v) is 10.0. The van der Waals surface area contributed by atoms with Crippen molar-refractivity contribution in [2.45, 2.75) is 31.7 Å². The van der Waals surface area contributed by atoms with Gasteiger partial charge in [0.1, 0.15) is 0 Å². The molecule has 1 amide bonds. The number of rotatable bonds is 6. The minimum Gasteiger partial charge on any atom is -0.337 e. The van der Waals surface area contributed by atoms with Crippen LogP contribution in [0.5, 0.6) is 0 Å². The van der Waals surface area contributed by atoms with Gasteiger partial charge in [-0.3, -0.25) is 4.79 Å². The van der Waals surface area contributed by atoms with E-state index in [2.05, 4.69) is 20.2 Å². The van der Waals surface area contributed by atoms with Crippen molar-refractivity contribution in [2.24, 2.45) is 0 Å². The molecule has 0 saturated carbocycles. The van der Waals surface area contributed by atoms with E-state index in [1.807, 2.05) is 31.2 Å². The molecular formula is C19H20N4O4S. The van der Waals surface area contributed by atoms with Crippen molar-refractivity contribution in [2.75, 3.05) is 5.32 Å². The number of amides is 1. The van der Waals surface area contributed by atoms with Gasteiger partial charge in [0.05, 0.1) is 10.9 Å². The summed E-state index contributed by atoms with van der Waals surface area (Å²) in [6.45, 7) is 4.96. The number of aromatic nitrogens is 2. The molecule has 2 aromatic carbocycles. The minimum atomic E-state index is -3.81. The second-order valence-electron chi connectivity index (χ2n) is 6.37. The van der Waals surface area contributed by atoms with Crippen LogP contribution in [0, 0.1) is 6.92 Å². The third-order valence-electron chi connectivity index (χ3n) is 3.91. The minimum absolute atomic E-state index is 0.0619. The lowest BCUT2D eigenvalue weighted by Gasteiger charge is -2.11. The molecule has 1 heterocycles. The van der Waals surface area contributed by atoms with E-state index in [1.165, 1.54) is 31.2 Å². The summed E-state index contributed by atoms with van der Waals surface area (Å²) in [7, 11) is -3.81. The van der Waals surface area contributed by atoms with Crippen molar-refractivity contribution in [3.8, 4) is 11.4 Å². The maximum absolute atomic E-state index is 12.6. The third-order valence-corrected chi connectivity index (χ3v) is 5.46. The van der Waals surface area contributed by atoms with E-state index in [4.69, 9.17) is 4.52 Å². The van der Waals surface area contributed by atoms with Crippen LogP contribution in [0.25, 0.3) is 11.4 Å². The van der Waals surface area contributed by atoms with E-state index in [0.717, 1.165) is 11.1 Å². The van der Waals surface area contributed by atoms with Gasteiger partial charge in [0, 0.05) is 18.2 Å². The molecule has 1 unspecified atom stereocenters. The quantitative estimate of drug-likeness (QED) is 0.657. The predicted molar refractivity (Wildman–Crippen MR) is 104 cm³/mol. The van der Waals surface area contributed by atoms with Gasteiger partial charge in [-0.25, -0.2) is 8.42 Å². The SMILES string of the molecule is CC(=O)Nc1ccc(S(=O)(=O)NC(C)c2nc(-c3cccc(C)c3)no2)cc1. The monoisotopic (exact) mass is 400 g/mol. The highest BCUT2D eigenvalue weighted by atomic mass is 32.2. The Morgan fingerprint density at radius 3 is 2.50 bits per heavy atom. The molecular weight excluding hydrogens is 380 g/mol. The van der Waals surface area contributed by atoms with Crippen molar-refractivity contribution < 1.29 is 17.7 Å². The van der Waals surface area contributed by atoms with Crippen LogP contribution in [0.2, 0.25) is 0 Å². The highest BCUT2D eigenvalue weighted by Crippen LogP contribution is 2.21. The molecule has 9 heteroatoms. The normalized spacial score (nSPS) is 12.5. The first kappa shape index (κ1) is 19.7. The summed E-state index contributed by atoms with van der Waals surface area (Å²) < 4.78 is 32.9. The second-order valence-corrected chi connectivity index (χ2v) is 8.09. The van der Waals surface area contributed by atoms with Crippen LogP contribution in [-0.4, -0.2) is 24.5 Å². The van der Waals surface area contributed by atoms with Gasteiger partial charge in [0.2, 0.25) is 27.6 Å². The van der Waals surface area contributed by atoms with Crippen molar-refractivity contribution in [1.82, 2.24) is 14.9 Å². The maximum Gasteiger partial charge on any atom is 0.244 e. The Bertz CT molecular complexity index is 1090. The average Bonchev–Trinajstić information content (AvgIpc) is 3.12. The molecule has 0 aliphatic heterocycles. The lowest BCUT2D eigenvalue weighted by molar-refractivity contribution is -0.114. The van der Waals surface area contributed by atoms with E-state index in [-0.39, 0.29) is 16.7 Å². The van der Waals surface area contributed by atoms with Crippen LogP contribution >= 0.6 is 0 Å². The number of sulfonamides is 1. The van der Waals surface area contributed by atoms with Crippen LogP contribution in [0.15, 0.2) is 57.9 Å². The number of hydrogen-bond acceptors (Lipinski definition) is 6. The van der Waals surface area contributed by atoms with Gasteiger partial charge in [-0.05, 0) is 44.2 Å². The van der Waals surface area contributed by atoms with Gasteiger partial charge in [-0.15, -0.1) is 0 Å². The number of benzene rings is 2. The molecule has 0 bridgehead atoms. The van der Waals surface area contributed by atoms with E-state index < -0.39 is 16.1 Å². The molecule has 146 valence electrons. The molecule has 0 saturated heterocycles. The summed E-state index contributed by atoms with van der Waals surface area (Å²) in [6, 6.07) is 12.7. The molecule has 28 heavy (non-hydrogen) atoms. The first-order valence-electron chi connectivity index (χ1n) is 8.55. The summed E-state index contributed by atoms with van der Waals surface area (Å²) in [5.74, 6) is 0.322. The largest absolute Gasteiger partial charge is 0.337 e. The highest BCUT2D eigenvalue weighted by Gasteiger charge is 2.22. The number of nitrogens with zero attached hydrogens (tertiary/aromatic N) is 2. The summed E-state index contributed by atoms with van der Waals surface area (Å²) in [5.41, 5.74) is 2.36. The molecule has 0 aliphatic rings. The zero-order valence-electron chi connectivity index (χ0n) is 15.6. The third kappa shape index (κ3) is 4.62. The zero-order valence-corrected chi connectivity index (χ0v) is 16.4. The molecule has 8 nitrogen and oxygen atoms in total. The molecule has 1 atom stereocenters. The summed E-state index contributed by atoms with van der Waals surface area (Å²) in [5, 5.41) is 6.51. The standard InChI is InChI=1S/C19H20N4O4S/c1-12-5-4-6-15(11-12)18-21-19(27-22-18)13(2)23-28(25,26)17-9-7-16(8-10-17)20-14(3)24/h4-11,13,23H,1-3H3,(H,20,24). The lowest BCUT2D eigenvalue weighted by atomic mass is 10.1. The number of nitrogens with one attached hydrogen (secondary N) is 2. The van der Waals surface area contributed by atoms with Gasteiger partial charge >= 0.3 is 0 Å². The van der Waals surface area contributed by atoms with Gasteiger partial charge in [0.15, 0.2) is 0 Å². The Labute approximate surface area is 163 Å². The summed E-state index contributed by atoms with van der Waals surface area (Å²) >= 11 is 0. The average molecular weight is 400 g/mol. The second kappa shape index (κ2) is 7.91. The molecule has 3 rings (SSSR count). The number of carbonyl (C=O) groups is 1. The van der Waals surface area contributed by atoms with Crippen LogP contribution < -0.4 is 10.0 Å². The topological polar surface area (TPSA) is 114 Å². The van der Waals surface area contributed by atoms with Gasteiger partial charge < -0.3 is 9.84 Å². The summed E-state index contributed by atoms with van der Waals surface area (Å²) in [4.78, 5) is 15.4. The number of anilines is 1. The number of carbonyl (C=O) groups excluding carboxylic acids is 1. The zero-order chi connectivity index (χ0) is 20.3. The molecule has 0 radical (unpaired) electrons. The fraction of sp³-hybridized carbons (Fsp3) is 0.211. The predicted octanol–water partition coefficient (Wildman–Crippen LogP) is 3.04. The van der Waals surface area contributed by atoms with Crippen LogP contribution in [0.1, 0.15) is 31.3 Å². The number of hydrogen-bond donors (Lipinski definition) is 2. The lowest BCUT2D eigenvalue weighted by Crippen LogP contribution is -2.27. The van der Waals surface area contributed by atoms with Crippen LogP contribution in [-0.2, 0) is 14.8 Å². The number of aryl methyl sites for hydroxylation is 1. The summed E-state index contributed by atoms with van der Waals surface area (Å²) in [6.07, 6.45) is 0. The Morgan fingerprint density at radius 2 is 1.86 bits per heavy atom. The van der Waals surface area contributed by atoms with Gasteiger partial charge in [-0.1, -0.05) is 28.9 Å². The first-order chi connectivity index (χ1) is 13.2. The van der Waals surface area contributed by atoms with Crippen molar-refractivity contribution in [1.29, 1.82) is 0 Å². The van der Waals surface area contributed by atoms with Crippen molar-refractivity contribution >= 4 is 21.6 Å². The highest BCUT2D eigenvalue weighted by molar-refractivity contribution is 7.89. The fourth-order valence-electron chi connectivity index (χ4n) is 2.58. The Kier molecular flexibility index (Phi) is 5.57. The Hall–Kier alpha value is -3.04. The molecule has 0 aliphatic carbocycles. The molecule has 3 aromatic rings.